The van der Waals surface area contributed by atoms with Crippen LogP contribution in [-0.4, -0.2) is 33.7 Å². The highest BCUT2D eigenvalue weighted by molar-refractivity contribution is 7.99. The van der Waals surface area contributed by atoms with E-state index in [9.17, 15) is 9.59 Å². The van der Waals surface area contributed by atoms with Gasteiger partial charge in [-0.15, -0.1) is 23.5 Å². The fraction of sp³-hybridized carbons (Fsp3) is 0.118. The standard InChI is InChI=1S/2C17H16O2S/c1-2-20-15-8-5-6-13(12-15)10-11-14-7-3-4-9-16(14)17(18)19;1-2-20-15-11-8-13(9-12-15)7-10-14-5-3-4-6-16(14)17(18)19/h2*3-12H,2H2,1H3,(H,18,19). The molecule has 204 valence electrons. The molecule has 4 aromatic rings. The first-order valence-electron chi connectivity index (χ1n) is 12.9. The summed E-state index contributed by atoms with van der Waals surface area (Å²) in [5.41, 5.74) is 4.21. The number of hydrogen-bond donors (Lipinski definition) is 2. The lowest BCUT2D eigenvalue weighted by Gasteiger charge is -2.02. The summed E-state index contributed by atoms with van der Waals surface area (Å²) in [6, 6.07) is 30.5. The summed E-state index contributed by atoms with van der Waals surface area (Å²) < 4.78 is 0. The minimum absolute atomic E-state index is 0.321. The molecule has 0 amide bonds. The molecule has 6 heteroatoms. The summed E-state index contributed by atoms with van der Waals surface area (Å²) in [5, 5.41) is 18.3. The van der Waals surface area contributed by atoms with Crippen LogP contribution in [0.3, 0.4) is 0 Å². The van der Waals surface area contributed by atoms with Crippen LogP contribution in [0.1, 0.15) is 56.8 Å². The van der Waals surface area contributed by atoms with E-state index in [1.54, 1.807) is 53.9 Å². The van der Waals surface area contributed by atoms with Crippen molar-refractivity contribution in [2.45, 2.75) is 23.6 Å². The molecule has 4 rings (SSSR count). The zero-order valence-electron chi connectivity index (χ0n) is 22.5. The van der Waals surface area contributed by atoms with Gasteiger partial charge in [0.05, 0.1) is 11.1 Å². The topological polar surface area (TPSA) is 74.6 Å². The van der Waals surface area contributed by atoms with Crippen molar-refractivity contribution in [1.82, 2.24) is 0 Å². The Hall–Kier alpha value is -4.00. The molecular formula is C34H32O4S2. The van der Waals surface area contributed by atoms with Gasteiger partial charge in [-0.25, -0.2) is 9.59 Å². The maximum absolute atomic E-state index is 11.1. The first-order valence-corrected chi connectivity index (χ1v) is 14.8. The van der Waals surface area contributed by atoms with Crippen LogP contribution in [0, 0.1) is 0 Å². The quantitative estimate of drug-likeness (QED) is 0.147. The van der Waals surface area contributed by atoms with E-state index in [0.717, 1.165) is 22.6 Å². The smallest absolute Gasteiger partial charge is 0.336 e. The summed E-state index contributed by atoms with van der Waals surface area (Å²) in [6.45, 7) is 4.25. The molecule has 0 saturated carbocycles. The van der Waals surface area contributed by atoms with Gasteiger partial charge in [0.15, 0.2) is 0 Å². The number of thioether (sulfide) groups is 2. The summed E-state index contributed by atoms with van der Waals surface area (Å²) >= 11 is 3.59. The third-order valence-corrected chi connectivity index (χ3v) is 7.42. The zero-order chi connectivity index (χ0) is 28.7. The minimum atomic E-state index is -0.903. The third-order valence-electron chi connectivity index (χ3n) is 5.65. The van der Waals surface area contributed by atoms with Crippen LogP contribution in [0.4, 0.5) is 0 Å². The van der Waals surface area contributed by atoms with Gasteiger partial charge >= 0.3 is 11.9 Å². The largest absolute Gasteiger partial charge is 0.478 e. The summed E-state index contributed by atoms with van der Waals surface area (Å²) in [7, 11) is 0. The van der Waals surface area contributed by atoms with Crippen LogP contribution in [-0.2, 0) is 0 Å². The fourth-order valence-electron chi connectivity index (χ4n) is 3.76. The van der Waals surface area contributed by atoms with Crippen LogP contribution in [0.5, 0.6) is 0 Å². The van der Waals surface area contributed by atoms with E-state index in [4.69, 9.17) is 10.2 Å². The number of aromatic carboxylic acids is 2. The Bertz CT molecular complexity index is 1470. The Labute approximate surface area is 244 Å². The number of carbonyl (C=O) groups is 2. The molecule has 0 aromatic heterocycles. The number of carboxylic acids is 2. The van der Waals surface area contributed by atoms with Crippen LogP contribution in [0.15, 0.2) is 107 Å². The first kappa shape index (κ1) is 30.5. The second-order valence-corrected chi connectivity index (χ2v) is 11.1. The van der Waals surface area contributed by atoms with Gasteiger partial charge in [0.2, 0.25) is 0 Å². The van der Waals surface area contributed by atoms with Crippen molar-refractivity contribution in [2.75, 3.05) is 11.5 Å². The van der Waals surface area contributed by atoms with Gasteiger partial charge in [-0.1, -0.05) is 98.8 Å². The number of rotatable bonds is 10. The summed E-state index contributed by atoms with van der Waals surface area (Å²) in [6.07, 6.45) is 7.56. The molecule has 0 aliphatic heterocycles. The Morgan fingerprint density at radius 3 is 1.60 bits per heavy atom. The normalized spacial score (nSPS) is 10.8. The Morgan fingerprint density at radius 1 is 0.575 bits per heavy atom. The number of benzene rings is 4. The molecule has 0 aliphatic carbocycles. The van der Waals surface area contributed by atoms with Gasteiger partial charge in [0.25, 0.3) is 0 Å². The van der Waals surface area contributed by atoms with E-state index >= 15 is 0 Å². The van der Waals surface area contributed by atoms with Gasteiger partial charge in [-0.3, -0.25) is 0 Å². The van der Waals surface area contributed by atoms with Gasteiger partial charge in [0.1, 0.15) is 0 Å². The monoisotopic (exact) mass is 568 g/mol. The predicted octanol–water partition coefficient (Wildman–Crippen LogP) is 9.33. The molecule has 0 bridgehead atoms. The molecule has 2 N–H and O–H groups in total. The summed E-state index contributed by atoms with van der Waals surface area (Å²) in [4.78, 5) is 24.7. The van der Waals surface area contributed by atoms with Crippen molar-refractivity contribution in [3.05, 3.63) is 130 Å². The van der Waals surface area contributed by atoms with Crippen LogP contribution < -0.4 is 0 Å². The number of hydrogen-bond acceptors (Lipinski definition) is 4. The van der Waals surface area contributed by atoms with E-state index in [2.05, 4.69) is 38.1 Å². The van der Waals surface area contributed by atoms with Crippen molar-refractivity contribution in [3.63, 3.8) is 0 Å². The molecule has 0 heterocycles. The van der Waals surface area contributed by atoms with Gasteiger partial charge in [-0.2, -0.15) is 0 Å². The van der Waals surface area contributed by atoms with Gasteiger partial charge < -0.3 is 10.2 Å². The first-order chi connectivity index (χ1) is 19.4. The predicted molar refractivity (Wildman–Crippen MR) is 170 cm³/mol. The highest BCUT2D eigenvalue weighted by Gasteiger charge is 2.07. The third kappa shape index (κ3) is 9.63. The lowest BCUT2D eigenvalue weighted by molar-refractivity contribution is 0.0686. The molecule has 0 unspecified atom stereocenters. The van der Waals surface area contributed by atoms with Crippen LogP contribution >= 0.6 is 23.5 Å². The molecule has 4 nitrogen and oxygen atoms in total. The molecule has 0 saturated heterocycles. The van der Waals surface area contributed by atoms with E-state index in [1.165, 1.54) is 9.79 Å². The van der Waals surface area contributed by atoms with Crippen LogP contribution in [0.2, 0.25) is 0 Å². The fourth-order valence-corrected chi connectivity index (χ4v) is 5.15. The average Bonchev–Trinajstić information content (AvgIpc) is 2.97. The van der Waals surface area contributed by atoms with Crippen molar-refractivity contribution < 1.29 is 19.8 Å². The van der Waals surface area contributed by atoms with Gasteiger partial charge in [0, 0.05) is 9.79 Å². The molecule has 0 aliphatic rings. The van der Waals surface area contributed by atoms with Crippen molar-refractivity contribution >= 4 is 59.8 Å². The average molecular weight is 569 g/mol. The highest BCUT2D eigenvalue weighted by Crippen LogP contribution is 2.21. The minimum Gasteiger partial charge on any atom is -0.478 e. The Kier molecular flexibility index (Phi) is 12.4. The van der Waals surface area contributed by atoms with Crippen molar-refractivity contribution in [3.8, 4) is 0 Å². The van der Waals surface area contributed by atoms with E-state index in [0.29, 0.717) is 22.3 Å². The lowest BCUT2D eigenvalue weighted by Crippen LogP contribution is -1.98. The maximum atomic E-state index is 11.1. The highest BCUT2D eigenvalue weighted by atomic mass is 32.2. The van der Waals surface area contributed by atoms with E-state index in [1.807, 2.05) is 66.8 Å². The molecule has 4 aromatic carbocycles. The molecule has 40 heavy (non-hydrogen) atoms. The summed E-state index contributed by atoms with van der Waals surface area (Å²) in [5.74, 6) is 0.288. The van der Waals surface area contributed by atoms with Crippen molar-refractivity contribution in [2.24, 2.45) is 0 Å². The Morgan fingerprint density at radius 2 is 1.07 bits per heavy atom. The molecule has 0 atom stereocenters. The van der Waals surface area contributed by atoms with E-state index < -0.39 is 11.9 Å². The molecule has 0 spiro atoms. The second-order valence-electron chi connectivity index (χ2n) is 8.46. The SMILES string of the molecule is CCSc1ccc(C=Cc2ccccc2C(=O)O)cc1.CCSc1cccc(C=Cc2ccccc2C(=O)O)c1. The molecule has 0 fully saturated rings. The van der Waals surface area contributed by atoms with E-state index in [-0.39, 0.29) is 0 Å². The molecular weight excluding hydrogens is 537 g/mol. The lowest BCUT2D eigenvalue weighted by atomic mass is 10.1. The zero-order valence-corrected chi connectivity index (χ0v) is 24.1. The Balaban J connectivity index is 0.000000220. The number of carboxylic acid groups (broad SMARTS) is 2. The second kappa shape index (κ2) is 16.2. The maximum Gasteiger partial charge on any atom is 0.336 e. The van der Waals surface area contributed by atoms with Crippen LogP contribution in [0.25, 0.3) is 24.3 Å². The van der Waals surface area contributed by atoms with Gasteiger partial charge in [-0.05, 0) is 70.2 Å². The molecule has 0 radical (unpaired) electrons. The van der Waals surface area contributed by atoms with Crippen molar-refractivity contribution in [1.29, 1.82) is 0 Å².